The first-order chi connectivity index (χ1) is 1.41. The standard InChI is InChI=1S/2CH3.2ClH.V/h2*1H3;2*1H;/q2*-1;;;+2/p-2. The van der Waals surface area contributed by atoms with Crippen LogP contribution in [-0.2, 0) is 14.4 Å². The third kappa shape index (κ3) is 38.1. The molecule has 0 aliphatic carbocycles. The van der Waals surface area contributed by atoms with Gasteiger partial charge in [0.25, 0.3) is 0 Å². The van der Waals surface area contributed by atoms with Crippen LogP contribution >= 0.6 is 19.7 Å². The Hall–Kier alpha value is 1.16. The molecule has 0 nitrogen and oxygen atoms in total. The van der Waals surface area contributed by atoms with Crippen molar-refractivity contribution in [3.05, 3.63) is 14.9 Å². The van der Waals surface area contributed by atoms with Crippen molar-refractivity contribution < 1.29 is 14.4 Å². The third-order valence-electron chi connectivity index (χ3n) is 0. The van der Waals surface area contributed by atoms with Gasteiger partial charge in [-0.05, 0) is 0 Å². The SMILES string of the molecule is [CH3-].[CH3-].[Cl][V][Cl]. The monoisotopic (exact) mass is 151 g/mol. The molecule has 0 fully saturated rings. The van der Waals surface area contributed by atoms with E-state index in [4.69, 9.17) is 19.7 Å². The average molecular weight is 152 g/mol. The van der Waals surface area contributed by atoms with Gasteiger partial charge in [0, 0.05) is 0 Å². The van der Waals surface area contributed by atoms with Gasteiger partial charge in [-0.3, -0.25) is 0 Å². The Labute approximate surface area is 49.1 Å². The van der Waals surface area contributed by atoms with Gasteiger partial charge in [-0.15, -0.1) is 0 Å². The predicted molar refractivity (Wildman–Crippen MR) is 24.5 cm³/mol. The summed E-state index contributed by atoms with van der Waals surface area (Å²) >= 11 is -0.368. The van der Waals surface area contributed by atoms with Crippen molar-refractivity contribution in [3.63, 3.8) is 0 Å². The van der Waals surface area contributed by atoms with Crippen molar-refractivity contribution >= 4 is 19.7 Å². The quantitative estimate of drug-likeness (QED) is 0.467. The number of rotatable bonds is 0. The minimum absolute atomic E-state index is 0. The molecule has 0 radical (unpaired) electrons. The molecule has 35 valence electrons. The molecule has 0 atom stereocenters. The molecule has 0 saturated heterocycles. The van der Waals surface area contributed by atoms with Gasteiger partial charge in [0.05, 0.1) is 0 Å². The molecule has 0 aromatic rings. The second kappa shape index (κ2) is 19.1. The van der Waals surface area contributed by atoms with E-state index in [1.54, 1.807) is 0 Å². The van der Waals surface area contributed by atoms with E-state index in [0.29, 0.717) is 0 Å². The van der Waals surface area contributed by atoms with Crippen molar-refractivity contribution in [2.24, 2.45) is 0 Å². The molecule has 0 unspecified atom stereocenters. The van der Waals surface area contributed by atoms with E-state index in [0.717, 1.165) is 0 Å². The zero-order valence-electron chi connectivity index (χ0n) is 3.20. The first-order valence-electron chi connectivity index (χ1n) is 0.338. The average Bonchev–Trinajstić information content (AvgIpc) is 0.918. The molecule has 0 aliphatic rings. The van der Waals surface area contributed by atoms with Gasteiger partial charge in [0.15, 0.2) is 0 Å². The first kappa shape index (κ1) is 16.4. The van der Waals surface area contributed by atoms with E-state index in [2.05, 4.69) is 0 Å². The van der Waals surface area contributed by atoms with Crippen LogP contribution in [0.3, 0.4) is 0 Å². The first-order valence-corrected chi connectivity index (χ1v) is 4.18. The summed E-state index contributed by atoms with van der Waals surface area (Å²) < 4.78 is 0. The van der Waals surface area contributed by atoms with E-state index in [-0.39, 0.29) is 29.2 Å². The number of halogens is 2. The van der Waals surface area contributed by atoms with Crippen molar-refractivity contribution in [1.29, 1.82) is 0 Å². The van der Waals surface area contributed by atoms with Crippen LogP contribution in [0.2, 0.25) is 0 Å². The zero-order chi connectivity index (χ0) is 2.71. The van der Waals surface area contributed by atoms with Gasteiger partial charge in [0.2, 0.25) is 0 Å². The van der Waals surface area contributed by atoms with Gasteiger partial charge < -0.3 is 14.9 Å². The fourth-order valence-electron chi connectivity index (χ4n) is 0. The Kier molecular flexibility index (Phi) is 62.8. The molecule has 0 amide bonds. The van der Waals surface area contributed by atoms with Gasteiger partial charge in [-0.2, -0.15) is 0 Å². The molecular formula is C2H6Cl2V-2. The topological polar surface area (TPSA) is 0 Å². The molecule has 5 heavy (non-hydrogen) atoms. The zero-order valence-corrected chi connectivity index (χ0v) is 6.11. The van der Waals surface area contributed by atoms with Crippen molar-refractivity contribution in [1.82, 2.24) is 0 Å². The fourth-order valence-corrected chi connectivity index (χ4v) is 0. The second-order valence-electron chi connectivity index (χ2n) is 0.0639. The summed E-state index contributed by atoms with van der Waals surface area (Å²) in [6.45, 7) is 0. The predicted octanol–water partition coefficient (Wildman–Crippen LogP) is 2.28. The van der Waals surface area contributed by atoms with Crippen LogP contribution in [0.1, 0.15) is 0 Å². The summed E-state index contributed by atoms with van der Waals surface area (Å²) in [5, 5.41) is 0. The summed E-state index contributed by atoms with van der Waals surface area (Å²) in [6, 6.07) is 0. The van der Waals surface area contributed by atoms with Crippen LogP contribution < -0.4 is 0 Å². The molecule has 0 aromatic carbocycles. The van der Waals surface area contributed by atoms with E-state index in [1.165, 1.54) is 0 Å². The maximum absolute atomic E-state index is 4.86. The van der Waals surface area contributed by atoms with Crippen LogP contribution in [0.25, 0.3) is 0 Å². The number of hydrogen-bond acceptors (Lipinski definition) is 0. The summed E-state index contributed by atoms with van der Waals surface area (Å²) in [5.41, 5.74) is 0. The summed E-state index contributed by atoms with van der Waals surface area (Å²) in [7, 11) is 9.72. The van der Waals surface area contributed by atoms with Crippen molar-refractivity contribution in [3.8, 4) is 0 Å². The Morgan fingerprint density at radius 2 is 1.00 bits per heavy atom. The summed E-state index contributed by atoms with van der Waals surface area (Å²) in [5.74, 6) is 0. The van der Waals surface area contributed by atoms with Gasteiger partial charge in [-0.25, -0.2) is 0 Å². The molecule has 0 rings (SSSR count). The van der Waals surface area contributed by atoms with E-state index in [9.17, 15) is 0 Å². The molecule has 0 saturated carbocycles. The third-order valence-corrected chi connectivity index (χ3v) is 0. The summed E-state index contributed by atoms with van der Waals surface area (Å²) in [4.78, 5) is 0. The molecule has 0 heterocycles. The Morgan fingerprint density at radius 1 is 1.00 bits per heavy atom. The normalized spacial score (nSPS) is 2.80. The van der Waals surface area contributed by atoms with Crippen molar-refractivity contribution in [2.75, 3.05) is 0 Å². The second-order valence-corrected chi connectivity index (χ2v) is 2.37. The summed E-state index contributed by atoms with van der Waals surface area (Å²) in [6.07, 6.45) is 0. The molecular weight excluding hydrogens is 146 g/mol. The van der Waals surface area contributed by atoms with Crippen LogP contribution in [0.5, 0.6) is 0 Å². The van der Waals surface area contributed by atoms with Crippen LogP contribution in [0.4, 0.5) is 0 Å². The van der Waals surface area contributed by atoms with Crippen molar-refractivity contribution in [2.45, 2.75) is 0 Å². The Bertz CT molecular complexity index is 7.61. The molecule has 0 aromatic heterocycles. The Morgan fingerprint density at radius 3 is 1.00 bits per heavy atom. The van der Waals surface area contributed by atoms with Gasteiger partial charge in [0.1, 0.15) is 0 Å². The minimum atomic E-state index is -0.368. The molecule has 0 N–H and O–H groups in total. The maximum atomic E-state index is 4.86. The molecule has 0 bridgehead atoms. The van der Waals surface area contributed by atoms with E-state index in [1.807, 2.05) is 0 Å². The van der Waals surface area contributed by atoms with Crippen LogP contribution in [-0.4, -0.2) is 0 Å². The van der Waals surface area contributed by atoms with Crippen LogP contribution in [0, 0.1) is 14.9 Å². The molecule has 0 spiro atoms. The van der Waals surface area contributed by atoms with Crippen LogP contribution in [0.15, 0.2) is 0 Å². The molecule has 3 heteroatoms. The number of hydrogen-bond donors (Lipinski definition) is 0. The Balaban J connectivity index is -0.0000000200. The fraction of sp³-hybridized carbons (Fsp3) is 0. The van der Waals surface area contributed by atoms with E-state index >= 15 is 0 Å². The van der Waals surface area contributed by atoms with Gasteiger partial charge in [-0.1, -0.05) is 0 Å². The van der Waals surface area contributed by atoms with E-state index < -0.39 is 0 Å². The molecule has 0 aliphatic heterocycles. The van der Waals surface area contributed by atoms with Gasteiger partial charge >= 0.3 is 34.1 Å².